The molecule has 0 aromatic heterocycles. The minimum Gasteiger partial charge on any atom is -0.370 e. The maximum Gasteiger partial charge on any atom is 2.00 e. The maximum atomic E-state index is 11.0. The first-order valence-electron chi connectivity index (χ1n) is 6.11. The van der Waals surface area contributed by atoms with E-state index in [0.717, 1.165) is 0 Å². The molecule has 2 fully saturated rings. The summed E-state index contributed by atoms with van der Waals surface area (Å²) in [6.07, 6.45) is 13.6. The van der Waals surface area contributed by atoms with E-state index in [-0.39, 0.29) is 53.8 Å². The number of carbonyl (C=O) groups is 2. The number of amides is 2. The van der Waals surface area contributed by atoms with Crippen LogP contribution in [0.15, 0.2) is 9.98 Å². The molecule has 8 N–H and O–H groups in total. The van der Waals surface area contributed by atoms with Gasteiger partial charge in [-0.2, -0.15) is 9.98 Å². The van der Waals surface area contributed by atoms with E-state index in [1.54, 1.807) is 51.4 Å². The Hall–Kier alpha value is -1.02. The predicted molar refractivity (Wildman–Crippen MR) is 97.0 cm³/mol. The van der Waals surface area contributed by atoms with E-state index in [1.807, 2.05) is 0 Å². The minimum atomic E-state index is -0.407. The third-order valence-electron chi connectivity index (χ3n) is 2.28. The molecule has 10 radical (unpaired) electrons. The fourth-order valence-electron chi connectivity index (χ4n) is 1.40. The van der Waals surface area contributed by atoms with Crippen molar-refractivity contribution in [2.75, 3.05) is 0 Å². The van der Waals surface area contributed by atoms with Crippen LogP contribution >= 0.6 is 24.8 Å². The number of rotatable bonds is 2. The predicted octanol–water partition coefficient (Wildman–Crippen LogP) is -0.776. The van der Waals surface area contributed by atoms with Crippen molar-refractivity contribution < 1.29 is 26.7 Å². The Kier molecular flexibility index (Phi) is 17.6. The molecule has 0 unspecified atom stereocenters. The molecule has 2 amide bonds. The van der Waals surface area contributed by atoms with Gasteiger partial charge >= 0.3 is 17.1 Å². The van der Waals surface area contributed by atoms with Gasteiger partial charge in [0, 0.05) is 0 Å². The summed E-state index contributed by atoms with van der Waals surface area (Å²) in [7, 11) is 0. The van der Waals surface area contributed by atoms with Crippen LogP contribution in [-0.4, -0.2) is 23.7 Å². The van der Waals surface area contributed by atoms with Crippen molar-refractivity contribution in [1.82, 2.24) is 0 Å². The van der Waals surface area contributed by atoms with Crippen molar-refractivity contribution in [3.63, 3.8) is 0 Å². The number of halogens is 2. The van der Waals surface area contributed by atoms with Crippen molar-refractivity contribution in [2.24, 2.45) is 32.9 Å². The van der Waals surface area contributed by atoms with E-state index < -0.39 is 11.8 Å². The van der Waals surface area contributed by atoms with Gasteiger partial charge in [-0.25, -0.2) is 0 Å². The van der Waals surface area contributed by atoms with Gasteiger partial charge in [-0.15, -0.1) is 24.8 Å². The molecule has 0 aliphatic heterocycles. The molecule has 0 aromatic carbocycles. The van der Waals surface area contributed by atoms with Gasteiger partial charge in [0.1, 0.15) is 0 Å². The largest absolute Gasteiger partial charge is 2.00 e. The number of hydrogen-bond donors (Lipinski definition) is 4. The van der Waals surface area contributed by atoms with Gasteiger partial charge in [0.15, 0.2) is 11.9 Å². The molecular weight excluding hydrogens is 411 g/mol. The van der Waals surface area contributed by atoms with E-state index in [0.29, 0.717) is 11.8 Å². The summed E-state index contributed by atoms with van der Waals surface area (Å²) < 4.78 is 0. The summed E-state index contributed by atoms with van der Waals surface area (Å²) in [5.74, 6) is -0.241. The first-order valence-corrected chi connectivity index (χ1v) is 6.11. The SMILES string of the molecule is Cl.Cl.NC(N)=NC(=O)[C]1[CH][CH][CH][CH]1.NC(N)=NC(=O)[C]1[CH][CH][CH][CH]1.[Fe+2]. The van der Waals surface area contributed by atoms with Gasteiger partial charge < -0.3 is 22.9 Å². The van der Waals surface area contributed by atoms with E-state index in [2.05, 4.69) is 9.98 Å². The Morgan fingerprint density at radius 3 is 1.08 bits per heavy atom. The number of nitrogens with zero attached hydrogens (tertiary/aromatic N) is 2. The van der Waals surface area contributed by atoms with Crippen LogP contribution in [0.5, 0.6) is 0 Å². The standard InChI is InChI=1S/2C7H8N3O.2ClH.Fe/c2*8-7(9)10-6(11)5-3-1-2-4-5;;;/h2*1-4H,(H4,8,9,10,11);2*1H;/q;;;;+2. The number of guanidine groups is 2. The summed E-state index contributed by atoms with van der Waals surface area (Å²) in [5, 5.41) is 0. The monoisotopic (exact) mass is 428 g/mol. The summed E-state index contributed by atoms with van der Waals surface area (Å²) in [6, 6.07) is 0. The Morgan fingerprint density at radius 2 is 0.880 bits per heavy atom. The van der Waals surface area contributed by atoms with Crippen LogP contribution in [-0.2, 0) is 26.7 Å². The topological polar surface area (TPSA) is 163 Å². The fourth-order valence-corrected chi connectivity index (χ4v) is 1.40. The third-order valence-corrected chi connectivity index (χ3v) is 2.28. The Morgan fingerprint density at radius 1 is 0.640 bits per heavy atom. The normalized spacial score (nSPS) is 16.0. The molecule has 0 spiro atoms. The van der Waals surface area contributed by atoms with Crippen LogP contribution in [0.25, 0.3) is 0 Å². The zero-order valence-electron chi connectivity index (χ0n) is 12.8. The van der Waals surface area contributed by atoms with Gasteiger partial charge in [0.05, 0.1) is 11.8 Å². The van der Waals surface area contributed by atoms with E-state index >= 15 is 0 Å². The maximum absolute atomic E-state index is 11.0. The van der Waals surface area contributed by atoms with Crippen LogP contribution < -0.4 is 22.9 Å². The summed E-state index contributed by atoms with van der Waals surface area (Å²) in [5.41, 5.74) is 20.0. The summed E-state index contributed by atoms with van der Waals surface area (Å²) in [6.45, 7) is 0. The van der Waals surface area contributed by atoms with E-state index in [4.69, 9.17) is 22.9 Å². The molecule has 136 valence electrons. The number of aliphatic imine (C=N–C) groups is 2. The Labute approximate surface area is 171 Å². The van der Waals surface area contributed by atoms with E-state index in [1.165, 1.54) is 0 Å². The van der Waals surface area contributed by atoms with Gasteiger partial charge in [0.25, 0.3) is 11.8 Å². The van der Waals surface area contributed by atoms with Gasteiger partial charge in [-0.3, -0.25) is 9.59 Å². The van der Waals surface area contributed by atoms with Crippen molar-refractivity contribution in [3.05, 3.63) is 63.2 Å². The second-order valence-corrected chi connectivity index (χ2v) is 4.03. The third kappa shape index (κ3) is 12.0. The molecule has 2 saturated carbocycles. The second kappa shape index (κ2) is 15.3. The van der Waals surface area contributed by atoms with Gasteiger partial charge in [0.2, 0.25) is 0 Å². The Balaban J connectivity index is -0.000000346. The smallest absolute Gasteiger partial charge is 0.370 e. The number of carbonyl (C=O) groups excluding carboxylic acids is 2. The molecule has 25 heavy (non-hydrogen) atoms. The summed E-state index contributed by atoms with van der Waals surface area (Å²) in [4.78, 5) is 28.6. The quantitative estimate of drug-likeness (QED) is 0.256. The average Bonchev–Trinajstić information content (AvgIpc) is 3.12. The number of hydrogen-bond acceptors (Lipinski definition) is 2. The number of nitrogens with two attached hydrogens (primary N) is 4. The fraction of sp³-hybridized carbons (Fsp3) is 0. The molecule has 0 heterocycles. The summed E-state index contributed by atoms with van der Waals surface area (Å²) >= 11 is 0. The molecule has 11 heteroatoms. The van der Waals surface area contributed by atoms with Crippen LogP contribution in [0.4, 0.5) is 0 Å². The molecular formula is C14H18Cl2FeN6O2+2. The Bertz CT molecular complexity index is 414. The zero-order valence-corrected chi connectivity index (χ0v) is 15.5. The second-order valence-electron chi connectivity index (χ2n) is 4.03. The molecule has 2 rings (SSSR count). The van der Waals surface area contributed by atoms with Crippen LogP contribution in [0.3, 0.4) is 0 Å². The average molecular weight is 429 g/mol. The molecule has 8 nitrogen and oxygen atoms in total. The minimum absolute atomic E-state index is 0. The van der Waals surface area contributed by atoms with Crippen LogP contribution in [0.1, 0.15) is 0 Å². The van der Waals surface area contributed by atoms with Crippen molar-refractivity contribution in [1.29, 1.82) is 0 Å². The van der Waals surface area contributed by atoms with Crippen LogP contribution in [0.2, 0.25) is 0 Å². The molecule has 2 aliphatic rings. The molecule has 0 aromatic rings. The first-order chi connectivity index (χ1) is 10.4. The van der Waals surface area contributed by atoms with E-state index in [9.17, 15) is 9.59 Å². The van der Waals surface area contributed by atoms with Crippen molar-refractivity contribution in [2.45, 2.75) is 0 Å². The first kappa shape index (κ1) is 28.8. The van der Waals surface area contributed by atoms with Crippen LogP contribution in [0, 0.1) is 63.2 Å². The van der Waals surface area contributed by atoms with Gasteiger partial charge in [-0.1, -0.05) is 0 Å². The molecule has 2 aliphatic carbocycles. The van der Waals surface area contributed by atoms with Crippen molar-refractivity contribution >= 4 is 48.5 Å². The van der Waals surface area contributed by atoms with Crippen molar-refractivity contribution in [3.8, 4) is 0 Å². The molecule has 0 saturated heterocycles. The zero-order chi connectivity index (χ0) is 16.5. The molecule has 0 atom stereocenters. The molecule has 0 bridgehead atoms. The van der Waals surface area contributed by atoms with Gasteiger partial charge in [-0.05, 0) is 51.4 Å².